The van der Waals surface area contributed by atoms with E-state index < -0.39 is 0 Å². The Morgan fingerprint density at radius 1 is 0.500 bits per heavy atom. The van der Waals surface area contributed by atoms with E-state index in [9.17, 15) is 9.59 Å². The van der Waals surface area contributed by atoms with Gasteiger partial charge in [-0.3, -0.25) is 29.2 Å². The third-order valence-corrected chi connectivity index (χ3v) is 11.5. The lowest BCUT2D eigenvalue weighted by atomic mass is 10.2. The van der Waals surface area contributed by atoms with Crippen LogP contribution in [0.4, 0.5) is 0 Å². The van der Waals surface area contributed by atoms with E-state index in [1.807, 2.05) is 60.7 Å². The van der Waals surface area contributed by atoms with Crippen molar-refractivity contribution in [3.05, 3.63) is 131 Å². The first-order chi connectivity index (χ1) is 25.6. The highest BCUT2D eigenvalue weighted by Crippen LogP contribution is 2.39. The molecule has 2 fully saturated rings. The van der Waals surface area contributed by atoms with Crippen LogP contribution in [0.15, 0.2) is 129 Å². The van der Waals surface area contributed by atoms with Crippen molar-refractivity contribution in [2.45, 2.75) is 22.9 Å². The molecule has 0 aromatic heterocycles. The number of benzene rings is 4. The molecule has 0 unspecified atom stereocenters. The summed E-state index contributed by atoms with van der Waals surface area (Å²) in [4.78, 5) is 36.6. The molecular weight excluding hydrogens is 689 g/mol. The van der Waals surface area contributed by atoms with Crippen LogP contribution in [-0.4, -0.2) is 109 Å². The Bertz CT molecular complexity index is 1650. The Kier molecular flexibility index (Phi) is 14.5. The van der Waals surface area contributed by atoms with Crippen LogP contribution in [0.25, 0.3) is 0 Å². The molecule has 10 nitrogen and oxygen atoms in total. The van der Waals surface area contributed by atoms with Gasteiger partial charge < -0.3 is 0 Å². The van der Waals surface area contributed by atoms with Crippen molar-refractivity contribution < 1.29 is 9.59 Å². The van der Waals surface area contributed by atoms with Crippen molar-refractivity contribution in [3.8, 4) is 0 Å². The second-order valence-electron chi connectivity index (χ2n) is 12.9. The molecule has 4 aromatic carbocycles. The van der Waals surface area contributed by atoms with Gasteiger partial charge in [0.25, 0.3) is 11.8 Å². The maximum atomic E-state index is 12.7. The van der Waals surface area contributed by atoms with E-state index >= 15 is 0 Å². The van der Waals surface area contributed by atoms with Gasteiger partial charge in [0.2, 0.25) is 0 Å². The van der Waals surface area contributed by atoms with Crippen molar-refractivity contribution in [1.82, 2.24) is 30.5 Å². The standard InChI is InChI=1S/C40H46N8O2S2/c49-39(31-47-23-19-45(20-24-47)29-33-11-3-1-4-12-33)43-41-27-35-15-7-9-17-37(35)51-52-38-18-10-8-16-36(38)28-42-44-40(50)32-48-25-21-46(22-26-48)30-34-13-5-2-6-14-34/h1-18,27-28H,19-26,29-32H2,(H,43,49)(H,44,50)/b41-27+,42-28+. The fourth-order valence-electron chi connectivity index (χ4n) is 6.13. The van der Waals surface area contributed by atoms with Crippen LogP contribution >= 0.6 is 21.6 Å². The molecule has 12 heteroatoms. The molecule has 2 N–H and O–H groups in total. The number of hydrazone groups is 2. The van der Waals surface area contributed by atoms with Crippen molar-refractivity contribution in [2.75, 3.05) is 65.4 Å². The Hall–Kier alpha value is -4.30. The quantitative estimate of drug-likeness (QED) is 0.100. The molecular formula is C40H46N8O2S2. The minimum absolute atomic E-state index is 0.117. The van der Waals surface area contributed by atoms with Gasteiger partial charge in [-0.05, 0) is 23.3 Å². The van der Waals surface area contributed by atoms with Crippen LogP contribution in [0.5, 0.6) is 0 Å². The summed E-state index contributed by atoms with van der Waals surface area (Å²) in [6, 6.07) is 36.9. The highest BCUT2D eigenvalue weighted by Gasteiger charge is 2.20. The monoisotopic (exact) mass is 734 g/mol. The Morgan fingerprint density at radius 3 is 1.25 bits per heavy atom. The molecule has 4 aromatic rings. The molecule has 2 aliphatic rings. The number of hydrogen-bond acceptors (Lipinski definition) is 10. The van der Waals surface area contributed by atoms with Gasteiger partial charge in [0.1, 0.15) is 0 Å². The number of amides is 2. The molecule has 270 valence electrons. The van der Waals surface area contributed by atoms with Gasteiger partial charge in [-0.1, -0.05) is 119 Å². The number of nitrogens with one attached hydrogen (secondary N) is 2. The first-order valence-corrected chi connectivity index (χ1v) is 19.9. The molecule has 2 heterocycles. The second-order valence-corrected chi connectivity index (χ2v) is 15.1. The van der Waals surface area contributed by atoms with E-state index in [-0.39, 0.29) is 11.8 Å². The van der Waals surface area contributed by atoms with E-state index in [4.69, 9.17) is 0 Å². The number of carbonyl (C=O) groups excluding carboxylic acids is 2. The Morgan fingerprint density at radius 2 is 0.846 bits per heavy atom. The van der Waals surface area contributed by atoms with E-state index in [2.05, 4.69) is 89.2 Å². The van der Waals surface area contributed by atoms with Crippen LogP contribution in [0.2, 0.25) is 0 Å². The lowest BCUT2D eigenvalue weighted by Crippen LogP contribution is -2.48. The summed E-state index contributed by atoms with van der Waals surface area (Å²) < 4.78 is 0. The molecule has 0 spiro atoms. The molecule has 0 saturated carbocycles. The molecule has 6 rings (SSSR count). The summed E-state index contributed by atoms with van der Waals surface area (Å²) in [6.07, 6.45) is 3.40. The Balaban J connectivity index is 0.914. The van der Waals surface area contributed by atoms with Crippen LogP contribution in [-0.2, 0) is 22.7 Å². The summed E-state index contributed by atoms with van der Waals surface area (Å²) >= 11 is 0. The van der Waals surface area contributed by atoms with Crippen molar-refractivity contribution >= 4 is 45.8 Å². The lowest BCUT2D eigenvalue weighted by Gasteiger charge is -2.34. The van der Waals surface area contributed by atoms with Gasteiger partial charge in [0, 0.05) is 86.4 Å². The summed E-state index contributed by atoms with van der Waals surface area (Å²) in [5.74, 6) is -0.233. The lowest BCUT2D eigenvalue weighted by molar-refractivity contribution is -0.123. The minimum Gasteiger partial charge on any atom is -0.297 e. The fraction of sp³-hybridized carbons (Fsp3) is 0.300. The molecule has 0 aliphatic carbocycles. The first-order valence-electron chi connectivity index (χ1n) is 17.7. The summed E-state index contributed by atoms with van der Waals surface area (Å²) in [5.41, 5.74) is 9.87. The molecule has 0 bridgehead atoms. The van der Waals surface area contributed by atoms with Crippen LogP contribution < -0.4 is 10.9 Å². The molecule has 52 heavy (non-hydrogen) atoms. The summed E-state index contributed by atoms with van der Waals surface area (Å²) in [7, 11) is 3.21. The molecule has 2 aliphatic heterocycles. The maximum absolute atomic E-state index is 12.7. The molecule has 0 radical (unpaired) electrons. The largest absolute Gasteiger partial charge is 0.297 e. The van der Waals surface area contributed by atoms with Gasteiger partial charge in [-0.15, -0.1) is 0 Å². The van der Waals surface area contributed by atoms with Gasteiger partial charge in [-0.2, -0.15) is 10.2 Å². The Labute approximate surface area is 314 Å². The number of piperazine rings is 2. The topological polar surface area (TPSA) is 95.9 Å². The normalized spacial score (nSPS) is 16.4. The zero-order chi connectivity index (χ0) is 35.8. The van der Waals surface area contributed by atoms with Gasteiger partial charge in [0.05, 0.1) is 25.5 Å². The van der Waals surface area contributed by atoms with E-state index in [1.54, 1.807) is 34.0 Å². The van der Waals surface area contributed by atoms with Crippen LogP contribution in [0.1, 0.15) is 22.3 Å². The number of carbonyl (C=O) groups is 2. The first kappa shape index (κ1) is 37.5. The average molecular weight is 735 g/mol. The fourth-order valence-corrected chi connectivity index (χ4v) is 8.47. The van der Waals surface area contributed by atoms with Gasteiger partial charge >= 0.3 is 0 Å². The van der Waals surface area contributed by atoms with Gasteiger partial charge in [-0.25, -0.2) is 10.9 Å². The van der Waals surface area contributed by atoms with E-state index in [0.717, 1.165) is 86.4 Å². The number of rotatable bonds is 15. The third kappa shape index (κ3) is 12.1. The van der Waals surface area contributed by atoms with Gasteiger partial charge in [0.15, 0.2) is 0 Å². The molecule has 0 atom stereocenters. The summed E-state index contributed by atoms with van der Waals surface area (Å²) in [5, 5.41) is 8.56. The van der Waals surface area contributed by atoms with Crippen molar-refractivity contribution in [2.24, 2.45) is 10.2 Å². The molecule has 2 amide bonds. The van der Waals surface area contributed by atoms with Crippen LogP contribution in [0.3, 0.4) is 0 Å². The highest BCUT2D eigenvalue weighted by atomic mass is 33.1. The third-order valence-electron chi connectivity index (χ3n) is 9.01. The zero-order valence-corrected chi connectivity index (χ0v) is 31.0. The predicted octanol–water partition coefficient (Wildman–Crippen LogP) is 5.02. The maximum Gasteiger partial charge on any atom is 0.254 e. The molecule has 2 saturated heterocycles. The summed E-state index contributed by atoms with van der Waals surface area (Å²) in [6.45, 7) is 9.69. The van der Waals surface area contributed by atoms with Crippen molar-refractivity contribution in [1.29, 1.82) is 0 Å². The second kappa shape index (κ2) is 20.1. The SMILES string of the molecule is O=C(CN1CCN(Cc2ccccc2)CC1)N/N=C/c1ccccc1SSc1ccccc1/C=N/NC(=O)CN1CCN(Cc2ccccc2)CC1. The zero-order valence-electron chi connectivity index (χ0n) is 29.3. The highest BCUT2D eigenvalue weighted by molar-refractivity contribution is 8.76. The predicted molar refractivity (Wildman–Crippen MR) is 212 cm³/mol. The van der Waals surface area contributed by atoms with Crippen molar-refractivity contribution in [3.63, 3.8) is 0 Å². The van der Waals surface area contributed by atoms with E-state index in [1.165, 1.54) is 11.1 Å². The van der Waals surface area contributed by atoms with Crippen LogP contribution in [0, 0.1) is 0 Å². The smallest absolute Gasteiger partial charge is 0.254 e. The number of hydrogen-bond donors (Lipinski definition) is 2. The minimum atomic E-state index is -0.117. The average Bonchev–Trinajstić information content (AvgIpc) is 3.17. The van der Waals surface area contributed by atoms with E-state index in [0.29, 0.717) is 13.1 Å². The number of nitrogens with zero attached hydrogens (tertiary/aromatic N) is 6.